The molecule has 1 fully saturated rings. The topological polar surface area (TPSA) is 92.5 Å². The van der Waals surface area contributed by atoms with Crippen LogP contribution in [0.4, 0.5) is 5.69 Å². The van der Waals surface area contributed by atoms with Crippen LogP contribution in [0.1, 0.15) is 5.56 Å². The molecule has 0 atom stereocenters. The molecule has 98 valence electrons. The molecule has 0 saturated carbocycles. The Bertz CT molecular complexity index is 550. The molecule has 3 amide bonds. The fourth-order valence-corrected chi connectivity index (χ4v) is 1.73. The van der Waals surface area contributed by atoms with E-state index in [9.17, 15) is 14.4 Å². The fourth-order valence-electron chi connectivity index (χ4n) is 1.73. The zero-order valence-corrected chi connectivity index (χ0v) is 10.1. The number of carbonyl (C=O) groups excluding carboxylic acids is 3. The third-order valence-corrected chi connectivity index (χ3v) is 2.59. The van der Waals surface area contributed by atoms with Gasteiger partial charge in [-0.05, 0) is 23.8 Å². The molecule has 1 aromatic carbocycles. The summed E-state index contributed by atoms with van der Waals surface area (Å²) in [4.78, 5) is 35.3. The van der Waals surface area contributed by atoms with Crippen molar-refractivity contribution in [3.63, 3.8) is 0 Å². The van der Waals surface area contributed by atoms with Crippen LogP contribution in [0.15, 0.2) is 30.3 Å². The average molecular weight is 259 g/mol. The van der Waals surface area contributed by atoms with E-state index in [0.717, 1.165) is 5.56 Å². The highest BCUT2D eigenvalue weighted by molar-refractivity contribution is 6.04. The largest absolute Gasteiger partial charge is 0.399 e. The first-order valence-corrected chi connectivity index (χ1v) is 5.70. The van der Waals surface area contributed by atoms with Gasteiger partial charge >= 0.3 is 0 Å². The summed E-state index contributed by atoms with van der Waals surface area (Å²) in [6.07, 6.45) is 2.91. The van der Waals surface area contributed by atoms with Gasteiger partial charge in [0.2, 0.25) is 17.7 Å². The Morgan fingerprint density at radius 3 is 2.58 bits per heavy atom. The number of imide groups is 1. The Hall–Kier alpha value is -2.63. The third kappa shape index (κ3) is 3.41. The monoisotopic (exact) mass is 259 g/mol. The van der Waals surface area contributed by atoms with Gasteiger partial charge in [-0.2, -0.15) is 0 Å². The number of amides is 3. The average Bonchev–Trinajstić information content (AvgIpc) is 2.35. The van der Waals surface area contributed by atoms with E-state index in [-0.39, 0.29) is 19.0 Å². The van der Waals surface area contributed by atoms with Crippen molar-refractivity contribution in [3.05, 3.63) is 35.9 Å². The Labute approximate surface area is 109 Å². The Kier molecular flexibility index (Phi) is 3.61. The minimum Gasteiger partial charge on any atom is -0.399 e. The quantitative estimate of drug-likeness (QED) is 0.436. The molecular weight excluding hydrogens is 246 g/mol. The zero-order valence-electron chi connectivity index (χ0n) is 10.1. The lowest BCUT2D eigenvalue weighted by atomic mass is 10.2. The molecule has 0 radical (unpaired) electrons. The molecule has 0 bridgehead atoms. The van der Waals surface area contributed by atoms with Crippen LogP contribution in [-0.2, 0) is 14.4 Å². The molecule has 2 rings (SSSR count). The molecule has 1 heterocycles. The second-order valence-electron chi connectivity index (χ2n) is 4.17. The molecule has 19 heavy (non-hydrogen) atoms. The van der Waals surface area contributed by atoms with Crippen LogP contribution in [0.25, 0.3) is 6.08 Å². The van der Waals surface area contributed by atoms with Gasteiger partial charge in [0.25, 0.3) is 0 Å². The highest BCUT2D eigenvalue weighted by atomic mass is 16.2. The third-order valence-electron chi connectivity index (χ3n) is 2.59. The van der Waals surface area contributed by atoms with E-state index >= 15 is 0 Å². The van der Waals surface area contributed by atoms with Crippen molar-refractivity contribution >= 4 is 29.5 Å². The van der Waals surface area contributed by atoms with Gasteiger partial charge in [-0.15, -0.1) is 0 Å². The summed E-state index contributed by atoms with van der Waals surface area (Å²) in [6, 6.07) is 7.04. The molecule has 1 aromatic rings. The van der Waals surface area contributed by atoms with Crippen molar-refractivity contribution in [1.29, 1.82) is 0 Å². The second-order valence-corrected chi connectivity index (χ2v) is 4.17. The predicted octanol–water partition coefficient (Wildman–Crippen LogP) is -0.233. The van der Waals surface area contributed by atoms with Crippen LogP contribution in [0.3, 0.4) is 0 Å². The van der Waals surface area contributed by atoms with E-state index in [1.165, 1.54) is 11.0 Å². The molecular formula is C13H13N3O3. The molecule has 1 aliphatic rings. The van der Waals surface area contributed by atoms with Gasteiger partial charge in [-0.25, -0.2) is 0 Å². The first kappa shape index (κ1) is 12.8. The highest BCUT2D eigenvalue weighted by Crippen LogP contribution is 2.08. The number of benzene rings is 1. The first-order chi connectivity index (χ1) is 9.04. The van der Waals surface area contributed by atoms with Gasteiger partial charge in [0.15, 0.2) is 0 Å². The fraction of sp³-hybridized carbons (Fsp3) is 0.154. The predicted molar refractivity (Wildman–Crippen MR) is 69.6 cm³/mol. The number of hydrogen-bond donors (Lipinski definition) is 2. The number of nitrogens with zero attached hydrogens (tertiary/aromatic N) is 1. The number of hydrogen-bond acceptors (Lipinski definition) is 4. The number of carbonyl (C=O) groups is 3. The van der Waals surface area contributed by atoms with Gasteiger partial charge in [0.1, 0.15) is 13.1 Å². The number of nitrogens with two attached hydrogens (primary N) is 1. The van der Waals surface area contributed by atoms with E-state index in [2.05, 4.69) is 5.32 Å². The lowest BCUT2D eigenvalue weighted by Gasteiger charge is -2.24. The maximum Gasteiger partial charge on any atom is 0.247 e. The van der Waals surface area contributed by atoms with Crippen molar-refractivity contribution < 1.29 is 14.4 Å². The maximum atomic E-state index is 11.8. The number of nitrogen functional groups attached to an aromatic ring is 1. The van der Waals surface area contributed by atoms with E-state index < -0.39 is 11.8 Å². The number of piperazine rings is 1. The minimum absolute atomic E-state index is 0.105. The number of rotatable bonds is 2. The Balaban J connectivity index is 2.04. The number of nitrogens with one attached hydrogen (secondary N) is 1. The van der Waals surface area contributed by atoms with Crippen LogP contribution in [0.2, 0.25) is 0 Å². The van der Waals surface area contributed by atoms with E-state index in [0.29, 0.717) is 5.69 Å². The summed E-state index contributed by atoms with van der Waals surface area (Å²) in [7, 11) is 0. The number of anilines is 1. The van der Waals surface area contributed by atoms with Crippen LogP contribution in [0.5, 0.6) is 0 Å². The molecule has 6 heteroatoms. The normalized spacial score (nSPS) is 15.7. The molecule has 1 aliphatic heterocycles. The van der Waals surface area contributed by atoms with Gasteiger partial charge < -0.3 is 10.6 Å². The molecule has 6 nitrogen and oxygen atoms in total. The lowest BCUT2D eigenvalue weighted by Crippen LogP contribution is -2.52. The lowest BCUT2D eigenvalue weighted by molar-refractivity contribution is -0.143. The molecule has 0 unspecified atom stereocenters. The SMILES string of the molecule is Nc1cccc(/C=C/C(=O)N2CC(=O)NC(=O)C2)c1. The van der Waals surface area contributed by atoms with Crippen molar-refractivity contribution in [2.24, 2.45) is 0 Å². The van der Waals surface area contributed by atoms with Gasteiger partial charge in [0, 0.05) is 11.8 Å². The van der Waals surface area contributed by atoms with E-state index in [1.54, 1.807) is 30.3 Å². The van der Waals surface area contributed by atoms with Gasteiger partial charge in [-0.1, -0.05) is 12.1 Å². The van der Waals surface area contributed by atoms with Gasteiger partial charge in [0.05, 0.1) is 0 Å². The van der Waals surface area contributed by atoms with Crippen LogP contribution in [-0.4, -0.2) is 35.7 Å². The summed E-state index contributed by atoms with van der Waals surface area (Å²) in [5.74, 6) is -1.32. The highest BCUT2D eigenvalue weighted by Gasteiger charge is 2.24. The van der Waals surface area contributed by atoms with E-state index in [1.807, 2.05) is 0 Å². The van der Waals surface area contributed by atoms with Crippen molar-refractivity contribution in [3.8, 4) is 0 Å². The summed E-state index contributed by atoms with van der Waals surface area (Å²) in [5.41, 5.74) is 7.00. The summed E-state index contributed by atoms with van der Waals surface area (Å²) in [6.45, 7) is -0.211. The molecule has 1 saturated heterocycles. The Morgan fingerprint density at radius 2 is 1.95 bits per heavy atom. The van der Waals surface area contributed by atoms with Crippen molar-refractivity contribution in [2.75, 3.05) is 18.8 Å². The van der Waals surface area contributed by atoms with Gasteiger partial charge in [-0.3, -0.25) is 19.7 Å². The van der Waals surface area contributed by atoms with Crippen LogP contribution in [0, 0.1) is 0 Å². The molecule has 0 aromatic heterocycles. The smallest absolute Gasteiger partial charge is 0.247 e. The molecule has 3 N–H and O–H groups in total. The zero-order chi connectivity index (χ0) is 13.8. The summed E-state index contributed by atoms with van der Waals surface area (Å²) in [5, 5.41) is 2.13. The van der Waals surface area contributed by atoms with E-state index in [4.69, 9.17) is 5.73 Å². The van der Waals surface area contributed by atoms with Crippen molar-refractivity contribution in [2.45, 2.75) is 0 Å². The second kappa shape index (κ2) is 5.34. The summed E-state index contributed by atoms with van der Waals surface area (Å²) >= 11 is 0. The van der Waals surface area contributed by atoms with Crippen molar-refractivity contribution in [1.82, 2.24) is 10.2 Å². The standard InChI is InChI=1S/C13H13N3O3/c14-10-3-1-2-9(6-10)4-5-13(19)16-7-11(17)15-12(18)8-16/h1-6H,7-8,14H2,(H,15,17,18)/b5-4+. The summed E-state index contributed by atoms with van der Waals surface area (Å²) < 4.78 is 0. The minimum atomic E-state index is -0.470. The molecule has 0 spiro atoms. The van der Waals surface area contributed by atoms with Crippen LogP contribution < -0.4 is 11.1 Å². The maximum absolute atomic E-state index is 11.8. The Morgan fingerprint density at radius 1 is 1.26 bits per heavy atom. The molecule has 0 aliphatic carbocycles. The van der Waals surface area contributed by atoms with Crippen LogP contribution >= 0.6 is 0 Å². The first-order valence-electron chi connectivity index (χ1n) is 5.70.